The maximum Gasteiger partial charge on any atom is 0.260 e. The molecule has 0 spiro atoms. The number of benzene rings is 3. The van der Waals surface area contributed by atoms with Crippen LogP contribution < -0.4 is 4.90 Å². The van der Waals surface area contributed by atoms with Gasteiger partial charge in [-0.15, -0.1) is 12.4 Å². The van der Waals surface area contributed by atoms with Gasteiger partial charge in [-0.2, -0.15) is 4.31 Å². The van der Waals surface area contributed by atoms with Crippen LogP contribution in [0.25, 0.3) is 10.2 Å². The third-order valence-electron chi connectivity index (χ3n) is 6.44. The number of hydrogen-bond acceptors (Lipinski definition) is 6. The Morgan fingerprint density at radius 1 is 1.00 bits per heavy atom. The van der Waals surface area contributed by atoms with Crippen LogP contribution in [0.2, 0.25) is 0 Å². The van der Waals surface area contributed by atoms with Crippen molar-refractivity contribution in [3.8, 4) is 0 Å². The lowest BCUT2D eigenvalue weighted by Crippen LogP contribution is -2.37. The molecule has 0 bridgehead atoms. The highest BCUT2D eigenvalue weighted by Crippen LogP contribution is 2.31. The van der Waals surface area contributed by atoms with E-state index in [0.717, 1.165) is 5.56 Å². The van der Waals surface area contributed by atoms with Gasteiger partial charge in [-0.05, 0) is 68.0 Å². The van der Waals surface area contributed by atoms with Crippen LogP contribution in [0.5, 0.6) is 0 Å². The molecule has 38 heavy (non-hydrogen) atoms. The molecule has 5 rings (SSSR count). The summed E-state index contributed by atoms with van der Waals surface area (Å²) in [4.78, 5) is 21.6. The quantitative estimate of drug-likeness (QED) is 0.317. The number of amides is 1. The van der Waals surface area contributed by atoms with Gasteiger partial charge < -0.3 is 4.90 Å². The van der Waals surface area contributed by atoms with Crippen molar-refractivity contribution in [3.05, 3.63) is 89.2 Å². The van der Waals surface area contributed by atoms with Crippen LogP contribution >= 0.6 is 23.7 Å². The number of likely N-dealkylation sites (N-methyl/N-ethyl adjacent to an activating group) is 1. The normalized spacial score (nSPS) is 13.8. The molecule has 4 aromatic rings. The number of aromatic nitrogens is 1. The first-order valence-electron chi connectivity index (χ1n) is 11.9. The minimum absolute atomic E-state index is 0. The van der Waals surface area contributed by atoms with E-state index in [9.17, 15) is 17.6 Å². The fourth-order valence-corrected chi connectivity index (χ4v) is 6.78. The Hall–Kier alpha value is -2.89. The molecule has 0 saturated heterocycles. The zero-order valence-corrected chi connectivity index (χ0v) is 23.5. The van der Waals surface area contributed by atoms with E-state index in [0.29, 0.717) is 48.0 Å². The van der Waals surface area contributed by atoms with Crippen LogP contribution in [-0.4, -0.2) is 62.2 Å². The summed E-state index contributed by atoms with van der Waals surface area (Å²) in [7, 11) is 0.0908. The standard InChI is InChI=1S/C27H27FN4O3S2.ClH/c1-30(2)16-17-32(27-29-25-23(28)8-5-9-24(25)36-27)26(33)20-10-12-22(13-11-20)37(34,35)31-15-14-19-6-3-4-7-21(19)18-31;/h3-13H,14-18H2,1-2H3;1H. The molecule has 0 radical (unpaired) electrons. The van der Waals surface area contributed by atoms with Crippen molar-refractivity contribution in [2.75, 3.05) is 38.6 Å². The molecule has 0 atom stereocenters. The molecule has 0 unspecified atom stereocenters. The van der Waals surface area contributed by atoms with Crippen molar-refractivity contribution in [1.29, 1.82) is 0 Å². The molecule has 200 valence electrons. The maximum atomic E-state index is 14.3. The second-order valence-corrected chi connectivity index (χ2v) is 12.2. The van der Waals surface area contributed by atoms with Gasteiger partial charge in [0.2, 0.25) is 10.0 Å². The summed E-state index contributed by atoms with van der Waals surface area (Å²) in [5.74, 6) is -0.757. The average molecular weight is 575 g/mol. The number of fused-ring (bicyclic) bond motifs is 2. The van der Waals surface area contributed by atoms with E-state index in [2.05, 4.69) is 4.98 Å². The number of rotatable bonds is 7. The topological polar surface area (TPSA) is 73.8 Å². The third kappa shape index (κ3) is 5.60. The first-order chi connectivity index (χ1) is 17.7. The summed E-state index contributed by atoms with van der Waals surface area (Å²) in [6.07, 6.45) is 0.662. The highest BCUT2D eigenvalue weighted by Gasteiger charge is 2.29. The van der Waals surface area contributed by atoms with Gasteiger partial charge >= 0.3 is 0 Å². The molecule has 0 N–H and O–H groups in total. The Labute approximate surface area is 232 Å². The molecule has 1 amide bonds. The molecular weight excluding hydrogens is 547 g/mol. The second kappa shape index (κ2) is 11.5. The minimum Gasteiger partial charge on any atom is -0.308 e. The molecule has 3 aromatic carbocycles. The molecule has 1 aliphatic rings. The van der Waals surface area contributed by atoms with E-state index < -0.39 is 15.8 Å². The average Bonchev–Trinajstić information content (AvgIpc) is 3.33. The smallest absolute Gasteiger partial charge is 0.260 e. The minimum atomic E-state index is -3.71. The van der Waals surface area contributed by atoms with E-state index in [1.807, 2.05) is 43.3 Å². The fourth-order valence-electron chi connectivity index (χ4n) is 4.35. The molecule has 0 aliphatic carbocycles. The molecule has 1 aromatic heterocycles. The number of para-hydroxylation sites is 1. The van der Waals surface area contributed by atoms with Crippen molar-refractivity contribution >= 4 is 55.0 Å². The number of anilines is 1. The zero-order valence-electron chi connectivity index (χ0n) is 21.0. The number of sulfonamides is 1. The predicted octanol–water partition coefficient (Wildman–Crippen LogP) is 4.81. The largest absolute Gasteiger partial charge is 0.308 e. The first kappa shape index (κ1) is 28.1. The zero-order chi connectivity index (χ0) is 26.2. The van der Waals surface area contributed by atoms with Crippen molar-refractivity contribution < 1.29 is 17.6 Å². The number of carbonyl (C=O) groups is 1. The summed E-state index contributed by atoms with van der Waals surface area (Å²) < 4.78 is 43.0. The Morgan fingerprint density at radius 2 is 1.71 bits per heavy atom. The van der Waals surface area contributed by atoms with E-state index in [1.54, 1.807) is 12.1 Å². The Kier molecular flexibility index (Phi) is 8.49. The van der Waals surface area contributed by atoms with Gasteiger partial charge in [0.1, 0.15) is 11.3 Å². The summed E-state index contributed by atoms with van der Waals surface area (Å²) in [6, 6.07) is 18.6. The van der Waals surface area contributed by atoms with Crippen molar-refractivity contribution in [1.82, 2.24) is 14.2 Å². The third-order valence-corrected chi connectivity index (χ3v) is 9.34. The van der Waals surface area contributed by atoms with Gasteiger partial charge in [0, 0.05) is 31.7 Å². The van der Waals surface area contributed by atoms with Gasteiger partial charge in [0.05, 0.1) is 9.60 Å². The lowest BCUT2D eigenvalue weighted by atomic mass is 10.0. The summed E-state index contributed by atoms with van der Waals surface area (Å²) >= 11 is 1.25. The number of thiazole rings is 1. The van der Waals surface area contributed by atoms with Crippen LogP contribution in [0, 0.1) is 5.82 Å². The predicted molar refractivity (Wildman–Crippen MR) is 151 cm³/mol. The Morgan fingerprint density at radius 3 is 2.39 bits per heavy atom. The van der Waals surface area contributed by atoms with Crippen LogP contribution in [-0.2, 0) is 23.0 Å². The number of carbonyl (C=O) groups excluding carboxylic acids is 1. The second-order valence-electron chi connectivity index (χ2n) is 9.22. The van der Waals surface area contributed by atoms with E-state index >= 15 is 0 Å². The lowest BCUT2D eigenvalue weighted by Gasteiger charge is -2.28. The Bertz CT molecular complexity index is 1560. The molecular formula is C27H28ClFN4O3S2. The van der Waals surface area contributed by atoms with Crippen molar-refractivity contribution in [3.63, 3.8) is 0 Å². The molecule has 1 aliphatic heterocycles. The molecule has 11 heteroatoms. The summed E-state index contributed by atoms with van der Waals surface area (Å²) in [5, 5.41) is 0.399. The number of nitrogens with zero attached hydrogens (tertiary/aromatic N) is 4. The van der Waals surface area contributed by atoms with Crippen LogP contribution in [0.15, 0.2) is 71.6 Å². The maximum absolute atomic E-state index is 14.3. The van der Waals surface area contributed by atoms with E-state index in [4.69, 9.17) is 0 Å². The number of hydrogen-bond donors (Lipinski definition) is 0. The van der Waals surface area contributed by atoms with Crippen molar-refractivity contribution in [2.45, 2.75) is 17.9 Å². The fraction of sp³-hybridized carbons (Fsp3) is 0.259. The van der Waals surface area contributed by atoms with Gasteiger partial charge in [-0.25, -0.2) is 17.8 Å². The number of halogens is 2. The molecule has 0 saturated carbocycles. The van der Waals surface area contributed by atoms with Crippen LogP contribution in [0.4, 0.5) is 9.52 Å². The lowest BCUT2D eigenvalue weighted by molar-refractivity contribution is 0.0985. The Balaban J connectivity index is 0.00000336. The van der Waals surface area contributed by atoms with Crippen LogP contribution in [0.1, 0.15) is 21.5 Å². The van der Waals surface area contributed by atoms with Crippen molar-refractivity contribution in [2.24, 2.45) is 0 Å². The summed E-state index contributed by atoms with van der Waals surface area (Å²) in [6.45, 7) is 1.66. The van der Waals surface area contributed by atoms with E-state index in [-0.39, 0.29) is 28.7 Å². The van der Waals surface area contributed by atoms with Gasteiger partial charge in [-0.1, -0.05) is 41.7 Å². The van der Waals surface area contributed by atoms with Gasteiger partial charge in [-0.3, -0.25) is 9.69 Å². The first-order valence-corrected chi connectivity index (χ1v) is 14.2. The molecule has 2 heterocycles. The van der Waals surface area contributed by atoms with Gasteiger partial charge in [0.25, 0.3) is 5.91 Å². The SMILES string of the molecule is CN(C)CCN(C(=O)c1ccc(S(=O)(=O)N2CCc3ccccc3C2)cc1)c1nc2c(F)cccc2s1.Cl. The van der Waals surface area contributed by atoms with Crippen LogP contribution in [0.3, 0.4) is 0 Å². The molecule has 0 fully saturated rings. The monoisotopic (exact) mass is 574 g/mol. The van der Waals surface area contributed by atoms with E-state index in [1.165, 1.54) is 56.4 Å². The highest BCUT2D eigenvalue weighted by molar-refractivity contribution is 7.89. The highest BCUT2D eigenvalue weighted by atomic mass is 35.5. The van der Waals surface area contributed by atoms with Gasteiger partial charge in [0.15, 0.2) is 5.13 Å². The summed E-state index contributed by atoms with van der Waals surface area (Å²) in [5.41, 5.74) is 2.74. The molecule has 7 nitrogen and oxygen atoms in total.